The molecular formula is C19H23FN4O2. The highest BCUT2D eigenvalue weighted by molar-refractivity contribution is 5.94. The highest BCUT2D eigenvalue weighted by atomic mass is 19.1. The van der Waals surface area contributed by atoms with Gasteiger partial charge in [0.1, 0.15) is 0 Å². The molecule has 2 heterocycles. The van der Waals surface area contributed by atoms with Crippen LogP contribution in [0.1, 0.15) is 53.1 Å². The summed E-state index contributed by atoms with van der Waals surface area (Å²) in [5.41, 5.74) is 3.02. The van der Waals surface area contributed by atoms with Crippen LogP contribution in [0.4, 0.5) is 4.39 Å². The standard InChI is InChI=1S/C19H23FN4O2/c1-11(13-4-5-17(15(20)8-13)26-10-12-2-3-12)22-19(25)18-14-9-21-7-6-16(14)23-24-18/h4-5,8,11-12,21H,2-3,6-7,9-10H2,1H3,(H,22,25)(H,23,24). The zero-order chi connectivity index (χ0) is 18.1. The number of hydrogen-bond acceptors (Lipinski definition) is 4. The van der Waals surface area contributed by atoms with Gasteiger partial charge in [-0.2, -0.15) is 5.10 Å². The van der Waals surface area contributed by atoms with Crippen LogP contribution in [0.3, 0.4) is 0 Å². The van der Waals surface area contributed by atoms with Gasteiger partial charge in [-0.25, -0.2) is 4.39 Å². The second-order valence-corrected chi connectivity index (χ2v) is 7.10. The van der Waals surface area contributed by atoms with Gasteiger partial charge >= 0.3 is 0 Å². The molecule has 1 fully saturated rings. The zero-order valence-electron chi connectivity index (χ0n) is 14.8. The molecule has 1 atom stereocenters. The average molecular weight is 358 g/mol. The highest BCUT2D eigenvalue weighted by Crippen LogP contribution is 2.30. The van der Waals surface area contributed by atoms with Gasteiger partial charge in [0.15, 0.2) is 17.3 Å². The van der Waals surface area contributed by atoms with Crippen molar-refractivity contribution in [3.05, 3.63) is 46.5 Å². The van der Waals surface area contributed by atoms with Crippen molar-refractivity contribution in [2.75, 3.05) is 13.2 Å². The molecule has 1 aromatic carbocycles. The molecule has 138 valence electrons. The molecule has 0 radical (unpaired) electrons. The molecule has 1 unspecified atom stereocenters. The number of halogens is 1. The van der Waals surface area contributed by atoms with E-state index in [1.54, 1.807) is 12.1 Å². The van der Waals surface area contributed by atoms with Gasteiger partial charge in [0.25, 0.3) is 5.91 Å². The molecule has 1 aliphatic heterocycles. The number of carbonyl (C=O) groups is 1. The van der Waals surface area contributed by atoms with E-state index < -0.39 is 5.82 Å². The number of amides is 1. The Morgan fingerprint density at radius 1 is 1.46 bits per heavy atom. The molecule has 0 saturated heterocycles. The van der Waals surface area contributed by atoms with Crippen LogP contribution in [0.25, 0.3) is 0 Å². The number of hydrogen-bond donors (Lipinski definition) is 3. The summed E-state index contributed by atoms with van der Waals surface area (Å²) in [6.07, 6.45) is 3.16. The molecule has 6 nitrogen and oxygen atoms in total. The Morgan fingerprint density at radius 3 is 3.08 bits per heavy atom. The lowest BCUT2D eigenvalue weighted by atomic mass is 10.1. The van der Waals surface area contributed by atoms with Gasteiger partial charge in [0, 0.05) is 30.8 Å². The summed E-state index contributed by atoms with van der Waals surface area (Å²) in [7, 11) is 0. The van der Waals surface area contributed by atoms with E-state index in [-0.39, 0.29) is 17.7 Å². The van der Waals surface area contributed by atoms with Crippen molar-refractivity contribution in [1.29, 1.82) is 0 Å². The van der Waals surface area contributed by atoms with Crippen molar-refractivity contribution in [3.63, 3.8) is 0 Å². The maximum Gasteiger partial charge on any atom is 0.272 e. The van der Waals surface area contributed by atoms with Crippen molar-refractivity contribution in [2.24, 2.45) is 5.92 Å². The first-order valence-corrected chi connectivity index (χ1v) is 9.11. The molecule has 2 aliphatic rings. The second kappa shape index (κ2) is 7.07. The van der Waals surface area contributed by atoms with Crippen molar-refractivity contribution in [3.8, 4) is 5.75 Å². The van der Waals surface area contributed by atoms with Crippen LogP contribution < -0.4 is 15.4 Å². The highest BCUT2D eigenvalue weighted by Gasteiger charge is 2.24. The predicted molar refractivity (Wildman–Crippen MR) is 94.5 cm³/mol. The zero-order valence-corrected chi connectivity index (χ0v) is 14.8. The number of ether oxygens (including phenoxy) is 1. The minimum absolute atomic E-state index is 0.256. The Morgan fingerprint density at radius 2 is 2.31 bits per heavy atom. The molecule has 1 aromatic heterocycles. The SMILES string of the molecule is CC(NC(=O)c1n[nH]c2c1CNCC2)c1ccc(OCC2CC2)c(F)c1. The summed E-state index contributed by atoms with van der Waals surface area (Å²) in [4.78, 5) is 12.6. The molecule has 4 rings (SSSR count). The smallest absolute Gasteiger partial charge is 0.272 e. The molecule has 1 aliphatic carbocycles. The van der Waals surface area contributed by atoms with Crippen molar-refractivity contribution in [1.82, 2.24) is 20.8 Å². The number of nitrogens with one attached hydrogen (secondary N) is 3. The third-order valence-electron chi connectivity index (χ3n) is 5.00. The lowest BCUT2D eigenvalue weighted by Gasteiger charge is -2.16. The van der Waals surface area contributed by atoms with E-state index in [0.717, 1.165) is 37.1 Å². The molecule has 0 spiro atoms. The Labute approximate surface area is 151 Å². The molecule has 26 heavy (non-hydrogen) atoms. The maximum absolute atomic E-state index is 14.3. The molecule has 0 bridgehead atoms. The van der Waals surface area contributed by atoms with Crippen LogP contribution in [0.5, 0.6) is 5.75 Å². The lowest BCUT2D eigenvalue weighted by molar-refractivity contribution is 0.0933. The molecule has 2 aromatic rings. The second-order valence-electron chi connectivity index (χ2n) is 7.10. The van der Waals surface area contributed by atoms with Gasteiger partial charge in [0.05, 0.1) is 12.6 Å². The van der Waals surface area contributed by atoms with Gasteiger partial charge in [-0.1, -0.05) is 6.07 Å². The quantitative estimate of drug-likeness (QED) is 0.741. The van der Waals surface area contributed by atoms with Gasteiger partial charge in [-0.3, -0.25) is 9.89 Å². The number of benzene rings is 1. The first kappa shape index (κ1) is 17.0. The van der Waals surface area contributed by atoms with Crippen LogP contribution in [0, 0.1) is 11.7 Å². The number of aromatic amines is 1. The number of fused-ring (bicyclic) bond motifs is 1. The summed E-state index contributed by atoms with van der Waals surface area (Å²) in [5, 5.41) is 13.2. The number of nitrogens with zero attached hydrogens (tertiary/aromatic N) is 1. The monoisotopic (exact) mass is 358 g/mol. The summed E-state index contributed by atoms with van der Waals surface area (Å²) in [6.45, 7) is 3.90. The van der Waals surface area contributed by atoms with E-state index in [2.05, 4.69) is 20.8 Å². The first-order valence-electron chi connectivity index (χ1n) is 9.11. The summed E-state index contributed by atoms with van der Waals surface area (Å²) >= 11 is 0. The van der Waals surface area contributed by atoms with E-state index in [1.165, 1.54) is 6.07 Å². The average Bonchev–Trinajstić information content (AvgIpc) is 3.37. The molecule has 7 heteroatoms. The van der Waals surface area contributed by atoms with Gasteiger partial charge in [-0.15, -0.1) is 0 Å². The number of carbonyl (C=O) groups excluding carboxylic acids is 1. The molecule has 1 saturated carbocycles. The van der Waals surface area contributed by atoms with E-state index in [9.17, 15) is 9.18 Å². The van der Waals surface area contributed by atoms with Crippen LogP contribution in [-0.2, 0) is 13.0 Å². The Hall–Kier alpha value is -2.41. The normalized spacial score (nSPS) is 17.5. The van der Waals surface area contributed by atoms with E-state index in [0.29, 0.717) is 30.3 Å². The van der Waals surface area contributed by atoms with Gasteiger partial charge < -0.3 is 15.4 Å². The van der Waals surface area contributed by atoms with Gasteiger partial charge in [0.2, 0.25) is 0 Å². The molecule has 1 amide bonds. The number of rotatable bonds is 6. The lowest BCUT2D eigenvalue weighted by Crippen LogP contribution is -2.30. The fraction of sp³-hybridized carbons (Fsp3) is 0.474. The van der Waals surface area contributed by atoms with Crippen LogP contribution in [0.2, 0.25) is 0 Å². The first-order chi connectivity index (χ1) is 12.6. The van der Waals surface area contributed by atoms with E-state index in [4.69, 9.17) is 4.74 Å². The third kappa shape index (κ3) is 3.58. The van der Waals surface area contributed by atoms with Crippen LogP contribution >= 0.6 is 0 Å². The summed E-state index contributed by atoms with van der Waals surface area (Å²) < 4.78 is 19.8. The maximum atomic E-state index is 14.3. The van der Waals surface area contributed by atoms with Crippen LogP contribution in [-0.4, -0.2) is 29.3 Å². The Balaban J connectivity index is 1.42. The van der Waals surface area contributed by atoms with Gasteiger partial charge in [-0.05, 0) is 43.4 Å². The van der Waals surface area contributed by atoms with Crippen molar-refractivity contribution < 1.29 is 13.9 Å². The Kier molecular flexibility index (Phi) is 4.63. The number of aromatic nitrogens is 2. The molecular weight excluding hydrogens is 335 g/mol. The Bertz CT molecular complexity index is 816. The summed E-state index contributed by atoms with van der Waals surface area (Å²) in [6, 6.07) is 4.51. The fourth-order valence-electron chi connectivity index (χ4n) is 3.16. The largest absolute Gasteiger partial charge is 0.490 e. The predicted octanol–water partition coefficient (Wildman–Crippen LogP) is 2.47. The van der Waals surface area contributed by atoms with Crippen molar-refractivity contribution >= 4 is 5.91 Å². The van der Waals surface area contributed by atoms with E-state index in [1.807, 2.05) is 6.92 Å². The van der Waals surface area contributed by atoms with Crippen molar-refractivity contribution in [2.45, 2.75) is 38.8 Å². The minimum Gasteiger partial charge on any atom is -0.490 e. The summed E-state index contributed by atoms with van der Waals surface area (Å²) in [5.74, 6) is 0.187. The van der Waals surface area contributed by atoms with Crippen LogP contribution in [0.15, 0.2) is 18.2 Å². The van der Waals surface area contributed by atoms with E-state index >= 15 is 0 Å². The minimum atomic E-state index is -0.398. The fourth-order valence-corrected chi connectivity index (χ4v) is 3.16. The molecule has 3 N–H and O–H groups in total. The topological polar surface area (TPSA) is 79.0 Å². The number of H-pyrrole nitrogens is 1. The third-order valence-corrected chi connectivity index (χ3v) is 5.00.